The van der Waals surface area contributed by atoms with Crippen LogP contribution >= 0.6 is 0 Å². The fourth-order valence-corrected chi connectivity index (χ4v) is 4.20. The van der Waals surface area contributed by atoms with Gasteiger partial charge >= 0.3 is 5.97 Å². The summed E-state index contributed by atoms with van der Waals surface area (Å²) < 4.78 is 32.5. The van der Waals surface area contributed by atoms with Crippen molar-refractivity contribution in [1.29, 1.82) is 0 Å². The summed E-state index contributed by atoms with van der Waals surface area (Å²) in [6, 6.07) is 9.39. The fraction of sp³-hybridized carbons (Fsp3) is 0.250. The third-order valence-electron chi connectivity index (χ3n) is 4.25. The Labute approximate surface area is 162 Å². The smallest absolute Gasteiger partial charge is 0.325 e. The molecule has 3 aromatic rings. The van der Waals surface area contributed by atoms with E-state index in [1.54, 1.807) is 32.0 Å². The molecule has 0 saturated heterocycles. The van der Waals surface area contributed by atoms with Gasteiger partial charge in [0.05, 0.1) is 16.9 Å². The molecule has 0 fully saturated rings. The number of ether oxygens (including phenoxy) is 1. The molecule has 2 aromatic heterocycles. The fourth-order valence-electron chi connectivity index (χ4n) is 2.84. The van der Waals surface area contributed by atoms with Crippen LogP contribution in [-0.2, 0) is 25.9 Å². The minimum Gasteiger partial charge on any atom is -0.465 e. The summed E-state index contributed by atoms with van der Waals surface area (Å²) in [5.41, 5.74) is 1.12. The molecule has 0 bridgehead atoms. The number of nitrogens with zero attached hydrogens (tertiary/aromatic N) is 2. The SMILES string of the molecule is CCOC(=O)Cn1cc(S(=O)(=O)c2ccc(C)cc2)c(=O)c2ccc(C)nc21. The van der Waals surface area contributed by atoms with E-state index in [1.807, 2.05) is 6.92 Å². The van der Waals surface area contributed by atoms with Crippen molar-refractivity contribution in [1.82, 2.24) is 9.55 Å². The molecule has 2 heterocycles. The van der Waals surface area contributed by atoms with E-state index in [0.29, 0.717) is 5.69 Å². The summed E-state index contributed by atoms with van der Waals surface area (Å²) in [6.45, 7) is 5.20. The number of sulfone groups is 1. The summed E-state index contributed by atoms with van der Waals surface area (Å²) >= 11 is 0. The summed E-state index contributed by atoms with van der Waals surface area (Å²) in [5, 5.41) is 0.128. The summed E-state index contributed by atoms with van der Waals surface area (Å²) in [5.74, 6) is -0.547. The minimum absolute atomic E-state index is 0.0114. The maximum Gasteiger partial charge on any atom is 0.325 e. The Bertz CT molecular complexity index is 1210. The van der Waals surface area contributed by atoms with Crippen molar-refractivity contribution in [2.24, 2.45) is 0 Å². The predicted octanol–water partition coefficient (Wildman–Crippen LogP) is 2.41. The molecule has 3 rings (SSSR count). The number of hydrogen-bond acceptors (Lipinski definition) is 6. The second kappa shape index (κ2) is 7.55. The molecule has 0 saturated carbocycles. The van der Waals surface area contributed by atoms with E-state index in [4.69, 9.17) is 4.74 Å². The monoisotopic (exact) mass is 400 g/mol. The van der Waals surface area contributed by atoms with E-state index in [1.165, 1.54) is 29.0 Å². The van der Waals surface area contributed by atoms with Gasteiger partial charge in [-0.1, -0.05) is 17.7 Å². The number of fused-ring (bicyclic) bond motifs is 1. The van der Waals surface area contributed by atoms with Gasteiger partial charge in [0.1, 0.15) is 17.1 Å². The predicted molar refractivity (Wildman–Crippen MR) is 104 cm³/mol. The molecule has 0 atom stereocenters. The average Bonchev–Trinajstić information content (AvgIpc) is 2.64. The number of aryl methyl sites for hydroxylation is 2. The van der Waals surface area contributed by atoms with Crippen LogP contribution in [0.15, 0.2) is 57.2 Å². The number of hydrogen-bond donors (Lipinski definition) is 0. The Morgan fingerprint density at radius 2 is 1.79 bits per heavy atom. The summed E-state index contributed by atoms with van der Waals surface area (Å²) in [4.78, 5) is 28.9. The van der Waals surface area contributed by atoms with E-state index in [2.05, 4.69) is 4.98 Å². The van der Waals surface area contributed by atoms with Crippen molar-refractivity contribution in [2.45, 2.75) is 37.1 Å². The zero-order chi connectivity index (χ0) is 20.5. The van der Waals surface area contributed by atoms with E-state index < -0.39 is 26.1 Å². The lowest BCUT2D eigenvalue weighted by Gasteiger charge is -2.13. The topological polar surface area (TPSA) is 95.3 Å². The van der Waals surface area contributed by atoms with Gasteiger partial charge in [0, 0.05) is 11.9 Å². The first kappa shape index (κ1) is 19.8. The van der Waals surface area contributed by atoms with Crippen molar-refractivity contribution < 1.29 is 17.9 Å². The van der Waals surface area contributed by atoms with Crippen LogP contribution in [0.5, 0.6) is 0 Å². The lowest BCUT2D eigenvalue weighted by molar-refractivity contribution is -0.143. The van der Waals surface area contributed by atoms with E-state index in [-0.39, 0.29) is 29.1 Å². The first-order valence-corrected chi connectivity index (χ1v) is 10.2. The molecule has 0 N–H and O–H groups in total. The van der Waals surface area contributed by atoms with Crippen LogP contribution in [0.3, 0.4) is 0 Å². The van der Waals surface area contributed by atoms with Gasteiger partial charge in [0.2, 0.25) is 15.3 Å². The Morgan fingerprint density at radius 1 is 1.11 bits per heavy atom. The first-order chi connectivity index (χ1) is 13.2. The van der Waals surface area contributed by atoms with Gasteiger partial charge in [-0.2, -0.15) is 0 Å². The average molecular weight is 400 g/mol. The van der Waals surface area contributed by atoms with Crippen LogP contribution in [-0.4, -0.2) is 30.5 Å². The molecule has 146 valence electrons. The Hall–Kier alpha value is -3.00. The van der Waals surface area contributed by atoms with Gasteiger partial charge < -0.3 is 9.30 Å². The van der Waals surface area contributed by atoms with Crippen molar-refractivity contribution in [3.63, 3.8) is 0 Å². The molecular weight excluding hydrogens is 380 g/mol. The highest BCUT2D eigenvalue weighted by Gasteiger charge is 2.24. The molecule has 0 radical (unpaired) electrons. The number of carbonyl (C=O) groups is 1. The Balaban J connectivity index is 2.27. The molecule has 8 heteroatoms. The number of benzene rings is 1. The van der Waals surface area contributed by atoms with Crippen molar-refractivity contribution >= 4 is 26.8 Å². The van der Waals surface area contributed by atoms with Crippen LogP contribution in [0.2, 0.25) is 0 Å². The highest BCUT2D eigenvalue weighted by atomic mass is 32.2. The molecule has 0 aliphatic heterocycles. The van der Waals surface area contributed by atoms with E-state index >= 15 is 0 Å². The summed E-state index contributed by atoms with van der Waals surface area (Å²) in [7, 11) is -4.07. The van der Waals surface area contributed by atoms with Gasteiger partial charge in [-0.05, 0) is 45.0 Å². The molecule has 0 amide bonds. The van der Waals surface area contributed by atoms with Crippen LogP contribution in [0.25, 0.3) is 11.0 Å². The van der Waals surface area contributed by atoms with Crippen molar-refractivity contribution in [2.75, 3.05) is 6.61 Å². The van der Waals surface area contributed by atoms with Crippen molar-refractivity contribution in [3.05, 3.63) is 64.1 Å². The first-order valence-electron chi connectivity index (χ1n) is 8.72. The molecule has 28 heavy (non-hydrogen) atoms. The Morgan fingerprint density at radius 3 is 2.43 bits per heavy atom. The normalized spacial score (nSPS) is 11.5. The number of carbonyl (C=O) groups excluding carboxylic acids is 1. The lowest BCUT2D eigenvalue weighted by Crippen LogP contribution is -2.22. The lowest BCUT2D eigenvalue weighted by atomic mass is 10.2. The summed E-state index contributed by atoms with van der Waals surface area (Å²) in [6.07, 6.45) is 1.17. The van der Waals surface area contributed by atoms with Crippen LogP contribution in [0.1, 0.15) is 18.2 Å². The van der Waals surface area contributed by atoms with E-state index in [9.17, 15) is 18.0 Å². The van der Waals surface area contributed by atoms with Gasteiger partial charge in [0.25, 0.3) is 0 Å². The van der Waals surface area contributed by atoms with Crippen molar-refractivity contribution in [3.8, 4) is 0 Å². The molecule has 0 spiro atoms. The zero-order valence-electron chi connectivity index (χ0n) is 15.8. The van der Waals surface area contributed by atoms with E-state index in [0.717, 1.165) is 5.56 Å². The molecule has 0 unspecified atom stereocenters. The largest absolute Gasteiger partial charge is 0.465 e. The van der Waals surface area contributed by atoms with Gasteiger partial charge in [0.15, 0.2) is 0 Å². The minimum atomic E-state index is -4.07. The molecular formula is C20H20N2O5S. The van der Waals surface area contributed by atoms with Crippen LogP contribution in [0.4, 0.5) is 0 Å². The third-order valence-corrected chi connectivity index (χ3v) is 6.02. The zero-order valence-corrected chi connectivity index (χ0v) is 16.6. The van der Waals surface area contributed by atoms with Crippen LogP contribution < -0.4 is 5.43 Å². The standard InChI is InChI=1S/C20H20N2O5S/c1-4-27-18(23)12-22-11-17(19(24)16-10-7-14(3)21-20(16)22)28(25,26)15-8-5-13(2)6-9-15/h5-11H,4,12H2,1-3H3. The molecule has 1 aromatic carbocycles. The highest BCUT2D eigenvalue weighted by molar-refractivity contribution is 7.91. The Kier molecular flexibility index (Phi) is 5.33. The quantitative estimate of drug-likeness (QED) is 0.611. The van der Waals surface area contributed by atoms with Gasteiger partial charge in [-0.3, -0.25) is 9.59 Å². The molecule has 0 aliphatic rings. The second-order valence-corrected chi connectivity index (χ2v) is 8.31. The van der Waals surface area contributed by atoms with Crippen LogP contribution in [0, 0.1) is 13.8 Å². The van der Waals surface area contributed by atoms with Gasteiger partial charge in [-0.25, -0.2) is 13.4 Å². The molecule has 0 aliphatic carbocycles. The third kappa shape index (κ3) is 3.68. The maximum atomic E-state index is 13.1. The van der Waals surface area contributed by atoms with Gasteiger partial charge in [-0.15, -0.1) is 0 Å². The highest BCUT2D eigenvalue weighted by Crippen LogP contribution is 2.21. The second-order valence-electron chi connectivity index (χ2n) is 6.40. The number of pyridine rings is 2. The number of esters is 1. The number of rotatable bonds is 5. The number of aromatic nitrogens is 2. The maximum absolute atomic E-state index is 13.1. The molecule has 7 nitrogen and oxygen atoms in total.